The number of hydrogen-bond acceptors (Lipinski definition) is 3. The highest BCUT2D eigenvalue weighted by Gasteiger charge is 2.29. The van der Waals surface area contributed by atoms with Gasteiger partial charge in [0.25, 0.3) is 0 Å². The molecule has 6 heteroatoms. The van der Waals surface area contributed by atoms with Crippen LogP contribution in [-0.4, -0.2) is 49.2 Å². The molecule has 0 unspecified atom stereocenters. The third-order valence-corrected chi connectivity index (χ3v) is 4.88. The van der Waals surface area contributed by atoms with Crippen LogP contribution in [-0.2, 0) is 9.53 Å². The number of likely N-dealkylation sites (tertiary alicyclic amines) is 1. The van der Waals surface area contributed by atoms with Crippen LogP contribution in [0.25, 0.3) is 0 Å². The third kappa shape index (κ3) is 5.19. The largest absolute Gasteiger partial charge is 0.376 e. The van der Waals surface area contributed by atoms with E-state index in [1.807, 2.05) is 30.3 Å². The molecule has 0 spiro atoms. The zero-order valence-electron chi connectivity index (χ0n) is 14.6. The molecule has 0 aliphatic carbocycles. The summed E-state index contributed by atoms with van der Waals surface area (Å²) in [5.41, 5.74) is 0.772. The van der Waals surface area contributed by atoms with Crippen molar-refractivity contribution in [2.24, 2.45) is 5.92 Å². The number of para-hydroxylation sites is 1. The van der Waals surface area contributed by atoms with Crippen molar-refractivity contribution in [1.82, 2.24) is 10.2 Å². The zero-order valence-corrected chi connectivity index (χ0v) is 14.6. The molecule has 3 rings (SSSR count). The number of carbonyl (C=O) groups is 2. The second-order valence-electron chi connectivity index (χ2n) is 6.82. The molecule has 1 aromatic carbocycles. The maximum absolute atomic E-state index is 12.4. The molecule has 0 bridgehead atoms. The standard InChI is InChI=1S/C19H27N3O3/c23-18(20-13-17-10-4-5-12-25-17)15-7-6-11-22(14-15)19(24)21-16-8-2-1-3-9-16/h1-3,8-9,15,17H,4-7,10-14H2,(H,20,23)(H,21,24)/t15-,17-/m1/s1. The number of ether oxygens (including phenoxy) is 1. The summed E-state index contributed by atoms with van der Waals surface area (Å²) in [4.78, 5) is 26.6. The van der Waals surface area contributed by atoms with Gasteiger partial charge in [-0.25, -0.2) is 4.79 Å². The number of hydrogen-bond donors (Lipinski definition) is 2. The molecule has 1 aromatic rings. The van der Waals surface area contributed by atoms with Gasteiger partial charge in [0.1, 0.15) is 0 Å². The van der Waals surface area contributed by atoms with Crippen LogP contribution in [0.5, 0.6) is 0 Å². The van der Waals surface area contributed by atoms with Gasteiger partial charge in [-0.3, -0.25) is 4.79 Å². The normalized spacial score (nSPS) is 23.8. The van der Waals surface area contributed by atoms with Crippen LogP contribution in [0, 0.1) is 5.92 Å². The smallest absolute Gasteiger partial charge is 0.321 e. The summed E-state index contributed by atoms with van der Waals surface area (Å²) in [6.07, 6.45) is 5.10. The maximum Gasteiger partial charge on any atom is 0.321 e. The molecule has 2 N–H and O–H groups in total. The fourth-order valence-electron chi connectivity index (χ4n) is 3.43. The summed E-state index contributed by atoms with van der Waals surface area (Å²) >= 11 is 0. The molecular weight excluding hydrogens is 318 g/mol. The van der Waals surface area contributed by atoms with Gasteiger partial charge in [-0.1, -0.05) is 18.2 Å². The fraction of sp³-hybridized carbons (Fsp3) is 0.579. The number of amides is 3. The average Bonchev–Trinajstić information content (AvgIpc) is 2.68. The predicted octanol–water partition coefficient (Wildman–Crippen LogP) is 2.62. The summed E-state index contributed by atoms with van der Waals surface area (Å²) in [5, 5.41) is 5.90. The summed E-state index contributed by atoms with van der Waals surface area (Å²) in [7, 11) is 0. The number of benzene rings is 1. The van der Waals surface area contributed by atoms with Crippen LogP contribution in [0.2, 0.25) is 0 Å². The van der Waals surface area contributed by atoms with E-state index < -0.39 is 0 Å². The Labute approximate surface area is 148 Å². The van der Waals surface area contributed by atoms with E-state index in [-0.39, 0.29) is 24.0 Å². The molecule has 2 saturated heterocycles. The van der Waals surface area contributed by atoms with Crippen molar-refractivity contribution in [3.8, 4) is 0 Å². The highest BCUT2D eigenvalue weighted by atomic mass is 16.5. The molecule has 2 aliphatic heterocycles. The van der Waals surface area contributed by atoms with Crippen molar-refractivity contribution in [1.29, 1.82) is 0 Å². The molecule has 25 heavy (non-hydrogen) atoms. The van der Waals surface area contributed by atoms with Gasteiger partial charge in [0.2, 0.25) is 5.91 Å². The number of piperidine rings is 1. The Morgan fingerprint density at radius 2 is 1.96 bits per heavy atom. The second-order valence-corrected chi connectivity index (χ2v) is 6.82. The molecule has 2 aliphatic rings. The van der Waals surface area contributed by atoms with Crippen LogP contribution < -0.4 is 10.6 Å². The van der Waals surface area contributed by atoms with Gasteiger partial charge in [-0.2, -0.15) is 0 Å². The first kappa shape index (κ1) is 17.7. The lowest BCUT2D eigenvalue weighted by Crippen LogP contribution is -2.48. The molecule has 3 amide bonds. The molecular formula is C19H27N3O3. The summed E-state index contributed by atoms with van der Waals surface area (Å²) in [6.45, 7) is 2.52. The second kappa shape index (κ2) is 8.85. The molecule has 136 valence electrons. The highest BCUT2D eigenvalue weighted by molar-refractivity contribution is 5.90. The van der Waals surface area contributed by atoms with Gasteiger partial charge in [0, 0.05) is 31.9 Å². The minimum Gasteiger partial charge on any atom is -0.376 e. The summed E-state index contributed by atoms with van der Waals surface area (Å²) in [6, 6.07) is 9.25. The lowest BCUT2D eigenvalue weighted by atomic mass is 9.97. The first-order chi connectivity index (χ1) is 12.2. The molecule has 2 fully saturated rings. The Kier molecular flexibility index (Phi) is 6.28. The highest BCUT2D eigenvalue weighted by Crippen LogP contribution is 2.18. The van der Waals surface area contributed by atoms with Gasteiger partial charge in [-0.15, -0.1) is 0 Å². The Balaban J connectivity index is 1.46. The molecule has 2 heterocycles. The summed E-state index contributed by atoms with van der Waals surface area (Å²) < 4.78 is 5.65. The average molecular weight is 345 g/mol. The number of urea groups is 1. The van der Waals surface area contributed by atoms with E-state index in [1.165, 1.54) is 0 Å². The van der Waals surface area contributed by atoms with Gasteiger partial charge in [0.15, 0.2) is 0 Å². The number of carbonyl (C=O) groups excluding carboxylic acids is 2. The quantitative estimate of drug-likeness (QED) is 0.881. The topological polar surface area (TPSA) is 70.7 Å². The van der Waals surface area contributed by atoms with Gasteiger partial charge in [0.05, 0.1) is 12.0 Å². The van der Waals surface area contributed by atoms with Crippen LogP contribution in [0.4, 0.5) is 10.5 Å². The number of nitrogens with zero attached hydrogens (tertiary/aromatic N) is 1. The Bertz CT molecular complexity index is 573. The first-order valence-electron chi connectivity index (χ1n) is 9.22. The molecule has 6 nitrogen and oxygen atoms in total. The minimum absolute atomic E-state index is 0.0337. The fourth-order valence-corrected chi connectivity index (χ4v) is 3.43. The monoisotopic (exact) mass is 345 g/mol. The van der Waals surface area contributed by atoms with Gasteiger partial charge in [-0.05, 0) is 44.2 Å². The third-order valence-electron chi connectivity index (χ3n) is 4.88. The van der Waals surface area contributed by atoms with E-state index in [1.54, 1.807) is 4.90 Å². The van der Waals surface area contributed by atoms with Crippen LogP contribution >= 0.6 is 0 Å². The molecule has 0 radical (unpaired) electrons. The van der Waals surface area contributed by atoms with E-state index in [2.05, 4.69) is 10.6 Å². The zero-order chi connectivity index (χ0) is 17.5. The lowest BCUT2D eigenvalue weighted by molar-refractivity contribution is -0.127. The molecule has 2 atom stereocenters. The summed E-state index contributed by atoms with van der Waals surface area (Å²) in [5.74, 6) is -0.106. The van der Waals surface area contributed by atoms with Gasteiger partial charge < -0.3 is 20.3 Å². The van der Waals surface area contributed by atoms with Crippen LogP contribution in [0.15, 0.2) is 30.3 Å². The first-order valence-corrected chi connectivity index (χ1v) is 9.22. The predicted molar refractivity (Wildman–Crippen MR) is 96.4 cm³/mol. The van der Waals surface area contributed by atoms with Crippen molar-refractivity contribution in [3.05, 3.63) is 30.3 Å². The number of rotatable bonds is 4. The van der Waals surface area contributed by atoms with Crippen molar-refractivity contribution in [3.63, 3.8) is 0 Å². The number of nitrogens with one attached hydrogen (secondary N) is 2. The molecule has 0 aromatic heterocycles. The van der Waals surface area contributed by atoms with Crippen molar-refractivity contribution < 1.29 is 14.3 Å². The molecule has 0 saturated carbocycles. The van der Waals surface area contributed by atoms with E-state index in [0.717, 1.165) is 44.4 Å². The van der Waals surface area contributed by atoms with Crippen molar-refractivity contribution >= 4 is 17.6 Å². The van der Waals surface area contributed by atoms with Crippen LogP contribution in [0.3, 0.4) is 0 Å². The van der Waals surface area contributed by atoms with E-state index >= 15 is 0 Å². The van der Waals surface area contributed by atoms with Gasteiger partial charge >= 0.3 is 6.03 Å². The Hall–Kier alpha value is -2.08. The van der Waals surface area contributed by atoms with Crippen molar-refractivity contribution in [2.45, 2.75) is 38.2 Å². The Morgan fingerprint density at radius 1 is 1.12 bits per heavy atom. The van der Waals surface area contributed by atoms with Crippen molar-refractivity contribution in [2.75, 3.05) is 31.6 Å². The number of anilines is 1. The minimum atomic E-state index is -0.140. The van der Waals surface area contributed by atoms with E-state index in [0.29, 0.717) is 19.6 Å². The SMILES string of the molecule is O=C(NC[C@H]1CCCCO1)[C@@H]1CCCN(C(=O)Nc2ccccc2)C1. The van der Waals surface area contributed by atoms with E-state index in [9.17, 15) is 9.59 Å². The Morgan fingerprint density at radius 3 is 2.72 bits per heavy atom. The van der Waals surface area contributed by atoms with E-state index in [4.69, 9.17) is 4.74 Å². The maximum atomic E-state index is 12.4. The lowest BCUT2D eigenvalue weighted by Gasteiger charge is -2.32. The van der Waals surface area contributed by atoms with Crippen LogP contribution in [0.1, 0.15) is 32.1 Å².